The minimum absolute atomic E-state index is 0.0120. The van der Waals surface area contributed by atoms with Gasteiger partial charge in [0.1, 0.15) is 13.2 Å². The third kappa shape index (κ3) is 5.42. The summed E-state index contributed by atoms with van der Waals surface area (Å²) < 4.78 is 21.4. The fourth-order valence-corrected chi connectivity index (χ4v) is 4.08. The number of nitriles is 1. The van der Waals surface area contributed by atoms with Crippen molar-refractivity contribution in [3.8, 4) is 17.5 Å². The summed E-state index contributed by atoms with van der Waals surface area (Å²) in [5.41, 5.74) is 1.43. The van der Waals surface area contributed by atoms with E-state index in [1.807, 2.05) is 54.6 Å². The first kappa shape index (κ1) is 23.0. The quantitative estimate of drug-likeness (QED) is 0.260. The van der Waals surface area contributed by atoms with Crippen molar-refractivity contribution in [3.63, 3.8) is 0 Å². The van der Waals surface area contributed by atoms with Gasteiger partial charge in [-0.3, -0.25) is 14.3 Å². The zero-order valence-corrected chi connectivity index (χ0v) is 18.9. The molecule has 9 heteroatoms. The van der Waals surface area contributed by atoms with Crippen LogP contribution in [0.3, 0.4) is 0 Å². The molecular formula is C25H20FN5O2S. The van der Waals surface area contributed by atoms with Crippen molar-refractivity contribution in [3.05, 3.63) is 96.6 Å². The van der Waals surface area contributed by atoms with Gasteiger partial charge in [-0.05, 0) is 36.4 Å². The van der Waals surface area contributed by atoms with Gasteiger partial charge in [0.25, 0.3) is 0 Å². The van der Waals surface area contributed by atoms with Crippen molar-refractivity contribution in [2.75, 3.05) is 17.2 Å². The van der Waals surface area contributed by atoms with Gasteiger partial charge < -0.3 is 4.74 Å². The first-order valence-corrected chi connectivity index (χ1v) is 11.4. The van der Waals surface area contributed by atoms with Crippen LogP contribution in [0.2, 0.25) is 0 Å². The molecule has 0 N–H and O–H groups in total. The Hall–Kier alpha value is -4.16. The van der Waals surface area contributed by atoms with E-state index in [9.17, 15) is 14.4 Å². The average molecular weight is 474 g/mol. The highest BCUT2D eigenvalue weighted by molar-refractivity contribution is 7.99. The summed E-state index contributed by atoms with van der Waals surface area (Å²) in [6, 6.07) is 26.6. The maximum Gasteiger partial charge on any atom is 0.238 e. The molecule has 1 aromatic heterocycles. The van der Waals surface area contributed by atoms with Gasteiger partial charge in [-0.1, -0.05) is 60.3 Å². The zero-order chi connectivity index (χ0) is 23.8. The minimum Gasteiger partial charge on any atom is -0.483 e. The van der Waals surface area contributed by atoms with Crippen molar-refractivity contribution >= 4 is 23.4 Å². The second-order valence-electron chi connectivity index (χ2n) is 7.05. The normalized spacial score (nSPS) is 10.5. The van der Waals surface area contributed by atoms with E-state index in [0.29, 0.717) is 16.7 Å². The number of ether oxygens (including phenoxy) is 1. The topological polar surface area (TPSA) is 84.0 Å². The molecule has 7 nitrogen and oxygen atoms in total. The van der Waals surface area contributed by atoms with E-state index >= 15 is 0 Å². The Kier molecular flexibility index (Phi) is 7.53. The molecule has 0 bridgehead atoms. The van der Waals surface area contributed by atoms with Crippen LogP contribution < -0.4 is 9.64 Å². The molecule has 0 aliphatic heterocycles. The molecule has 0 saturated heterocycles. The predicted molar refractivity (Wildman–Crippen MR) is 127 cm³/mol. The van der Waals surface area contributed by atoms with Crippen LogP contribution >= 0.6 is 11.8 Å². The number of nitrogens with zero attached hydrogens (tertiary/aromatic N) is 5. The molecule has 170 valence electrons. The second kappa shape index (κ2) is 11.1. The first-order chi connectivity index (χ1) is 16.7. The minimum atomic E-state index is -0.466. The van der Waals surface area contributed by atoms with Gasteiger partial charge in [-0.25, -0.2) is 4.39 Å². The molecule has 4 rings (SSSR count). The molecule has 0 atom stereocenters. The number of rotatable bonds is 9. The molecule has 34 heavy (non-hydrogen) atoms. The van der Waals surface area contributed by atoms with Gasteiger partial charge in [0.15, 0.2) is 22.5 Å². The number of para-hydroxylation sites is 3. The Bertz CT molecular complexity index is 1290. The van der Waals surface area contributed by atoms with Crippen LogP contribution in [-0.2, 0) is 11.4 Å². The molecule has 1 amide bonds. The number of aromatic nitrogens is 3. The zero-order valence-electron chi connectivity index (χ0n) is 18.0. The van der Waals surface area contributed by atoms with E-state index in [-0.39, 0.29) is 30.6 Å². The number of carbonyl (C=O) groups excluding carboxylic acids is 1. The summed E-state index contributed by atoms with van der Waals surface area (Å²) in [5, 5.41) is 18.1. The highest BCUT2D eigenvalue weighted by Gasteiger charge is 2.20. The maximum atomic E-state index is 14.0. The van der Waals surface area contributed by atoms with Crippen molar-refractivity contribution < 1.29 is 13.9 Å². The molecular weight excluding hydrogens is 453 g/mol. The largest absolute Gasteiger partial charge is 0.483 e. The van der Waals surface area contributed by atoms with E-state index in [2.05, 4.69) is 10.2 Å². The number of amides is 1. The number of hydrogen-bond acceptors (Lipinski definition) is 6. The van der Waals surface area contributed by atoms with Crippen LogP contribution in [0.25, 0.3) is 5.69 Å². The lowest BCUT2D eigenvalue weighted by molar-refractivity contribution is -0.116. The van der Waals surface area contributed by atoms with E-state index in [4.69, 9.17) is 4.74 Å². The Morgan fingerprint density at radius 2 is 1.68 bits per heavy atom. The number of halogens is 1. The molecule has 0 aliphatic carbocycles. The van der Waals surface area contributed by atoms with Gasteiger partial charge in [-0.15, -0.1) is 10.2 Å². The third-order valence-corrected chi connectivity index (χ3v) is 5.74. The van der Waals surface area contributed by atoms with Crippen molar-refractivity contribution in [1.29, 1.82) is 5.26 Å². The second-order valence-corrected chi connectivity index (χ2v) is 7.99. The molecule has 1 heterocycles. The van der Waals surface area contributed by atoms with E-state index < -0.39 is 5.82 Å². The number of carbonyl (C=O) groups is 1. The molecule has 0 saturated carbocycles. The summed E-state index contributed by atoms with van der Waals surface area (Å²) in [7, 11) is 0. The van der Waals surface area contributed by atoms with E-state index in [0.717, 1.165) is 5.69 Å². The smallest absolute Gasteiger partial charge is 0.238 e. The summed E-state index contributed by atoms with van der Waals surface area (Å²) in [6.45, 7) is -0.0710. The van der Waals surface area contributed by atoms with Crippen LogP contribution in [0, 0.1) is 17.1 Å². The lowest BCUT2D eigenvalue weighted by atomic mass is 10.3. The van der Waals surface area contributed by atoms with Crippen LogP contribution in [0.15, 0.2) is 90.1 Å². The third-order valence-electron chi connectivity index (χ3n) is 4.83. The van der Waals surface area contributed by atoms with E-state index in [1.165, 1.54) is 22.7 Å². The Balaban J connectivity index is 1.55. The van der Waals surface area contributed by atoms with Gasteiger partial charge in [0, 0.05) is 11.4 Å². The lowest BCUT2D eigenvalue weighted by Crippen LogP contribution is -2.32. The molecule has 0 radical (unpaired) electrons. The Morgan fingerprint density at radius 1 is 1.00 bits per heavy atom. The molecule has 3 aromatic carbocycles. The molecule has 4 aromatic rings. The SMILES string of the molecule is N#CCN(C(=O)CSc1nnc(COc2ccccc2F)n1-c1ccccc1)c1ccccc1. The van der Waals surface area contributed by atoms with Gasteiger partial charge >= 0.3 is 0 Å². The number of benzene rings is 3. The number of anilines is 1. The van der Waals surface area contributed by atoms with Crippen LogP contribution in [0.1, 0.15) is 5.82 Å². The van der Waals surface area contributed by atoms with Gasteiger partial charge in [0.2, 0.25) is 5.91 Å². The van der Waals surface area contributed by atoms with E-state index in [1.54, 1.807) is 34.9 Å². The van der Waals surface area contributed by atoms with Crippen LogP contribution in [0.5, 0.6) is 5.75 Å². The summed E-state index contributed by atoms with van der Waals surface area (Å²) in [5.74, 6) is -0.0715. The molecule has 0 spiro atoms. The molecule has 0 fully saturated rings. The fourth-order valence-electron chi connectivity index (χ4n) is 3.23. The standard InChI is InChI=1S/C25H20FN5O2S/c26-21-13-7-8-14-22(21)33-17-23-28-29-25(31(23)20-11-5-2-6-12-20)34-18-24(32)30(16-15-27)19-9-3-1-4-10-19/h1-14H,16-18H2. The monoisotopic (exact) mass is 473 g/mol. The predicted octanol–water partition coefficient (Wildman–Crippen LogP) is 4.63. The molecule has 0 unspecified atom stereocenters. The highest BCUT2D eigenvalue weighted by Crippen LogP contribution is 2.25. The fraction of sp³-hybridized carbons (Fsp3) is 0.120. The van der Waals surface area contributed by atoms with Crippen LogP contribution in [0.4, 0.5) is 10.1 Å². The Labute approximate surface area is 200 Å². The Morgan fingerprint density at radius 3 is 2.38 bits per heavy atom. The maximum absolute atomic E-state index is 14.0. The summed E-state index contributed by atoms with van der Waals surface area (Å²) >= 11 is 1.20. The number of thioether (sulfide) groups is 1. The highest BCUT2D eigenvalue weighted by atomic mass is 32.2. The van der Waals surface area contributed by atoms with Crippen molar-refractivity contribution in [2.45, 2.75) is 11.8 Å². The molecule has 0 aliphatic rings. The first-order valence-electron chi connectivity index (χ1n) is 10.4. The summed E-state index contributed by atoms with van der Waals surface area (Å²) in [4.78, 5) is 14.4. The number of hydrogen-bond donors (Lipinski definition) is 0. The van der Waals surface area contributed by atoms with Crippen molar-refractivity contribution in [1.82, 2.24) is 14.8 Å². The lowest BCUT2D eigenvalue weighted by Gasteiger charge is -2.19. The summed E-state index contributed by atoms with van der Waals surface area (Å²) in [6.07, 6.45) is 0. The average Bonchev–Trinajstić information content (AvgIpc) is 3.29. The van der Waals surface area contributed by atoms with Gasteiger partial charge in [-0.2, -0.15) is 5.26 Å². The van der Waals surface area contributed by atoms with Gasteiger partial charge in [0.05, 0.1) is 11.8 Å². The van der Waals surface area contributed by atoms with Crippen molar-refractivity contribution in [2.24, 2.45) is 0 Å². The van der Waals surface area contributed by atoms with Crippen LogP contribution in [-0.4, -0.2) is 33.0 Å².